The zero-order valence-corrected chi connectivity index (χ0v) is 19.6. The lowest BCUT2D eigenvalue weighted by atomic mass is 10.1. The van der Waals surface area contributed by atoms with E-state index in [1.54, 1.807) is 30.3 Å². The molecule has 0 fully saturated rings. The van der Waals surface area contributed by atoms with Crippen molar-refractivity contribution < 1.29 is 51.7 Å². The van der Waals surface area contributed by atoms with Crippen LogP contribution >= 0.6 is 7.37 Å². The number of methoxy groups -OCH3 is 1. The summed E-state index contributed by atoms with van der Waals surface area (Å²) in [6, 6.07) is 8.38. The number of esters is 1. The van der Waals surface area contributed by atoms with Gasteiger partial charge in [-0.2, -0.15) is 13.2 Å². The molecule has 15 heteroatoms. The molecule has 2 unspecified atom stereocenters. The van der Waals surface area contributed by atoms with E-state index in [0.29, 0.717) is 23.8 Å². The van der Waals surface area contributed by atoms with Crippen LogP contribution in [0.15, 0.2) is 48.5 Å². The van der Waals surface area contributed by atoms with E-state index >= 15 is 0 Å². The van der Waals surface area contributed by atoms with E-state index in [1.807, 2.05) is 0 Å². The largest absolute Gasteiger partial charge is 0.467 e. The number of hydrogen-bond acceptors (Lipinski definition) is 8. The minimum atomic E-state index is -5.07. The molecule has 0 saturated carbocycles. The predicted octanol–water partition coefficient (Wildman–Crippen LogP) is 3.73. The van der Waals surface area contributed by atoms with Crippen LogP contribution in [0.25, 0.3) is 0 Å². The normalized spacial score (nSPS) is 14.7. The van der Waals surface area contributed by atoms with Crippen molar-refractivity contribution in [1.82, 2.24) is 5.32 Å². The van der Waals surface area contributed by atoms with E-state index in [4.69, 9.17) is 4.74 Å². The molecule has 0 bridgehead atoms. The molecule has 0 heterocycles. The third-order valence-electron chi connectivity index (χ3n) is 4.93. The van der Waals surface area contributed by atoms with Crippen LogP contribution in [-0.2, 0) is 31.6 Å². The lowest BCUT2D eigenvalue weighted by Crippen LogP contribution is -2.42. The zero-order valence-electron chi connectivity index (χ0n) is 18.7. The number of nitro groups is 1. The lowest BCUT2D eigenvalue weighted by molar-refractivity contribution is -0.388. The first-order valence-corrected chi connectivity index (χ1v) is 12.1. The second-order valence-corrected chi connectivity index (χ2v) is 9.90. The van der Waals surface area contributed by atoms with Crippen molar-refractivity contribution in [2.45, 2.75) is 31.1 Å². The zero-order chi connectivity index (χ0) is 27.1. The summed E-state index contributed by atoms with van der Waals surface area (Å²) in [7, 11) is -3.67. The molecule has 0 aliphatic rings. The summed E-state index contributed by atoms with van der Waals surface area (Å²) in [5, 5.41) is 23.5. The molecule has 3 atom stereocenters. The molecule has 11 nitrogen and oxygen atoms in total. The van der Waals surface area contributed by atoms with Gasteiger partial charge in [0.15, 0.2) is 5.85 Å². The van der Waals surface area contributed by atoms with Gasteiger partial charge in [0.1, 0.15) is 18.2 Å². The van der Waals surface area contributed by atoms with Gasteiger partial charge in [-0.15, -0.1) is 0 Å². The number of aliphatic hydroxyl groups excluding tert-OH is 1. The van der Waals surface area contributed by atoms with Gasteiger partial charge in [0.05, 0.1) is 12.0 Å². The molecule has 2 rings (SSSR count). The first kappa shape index (κ1) is 28.8. The molecule has 3 N–H and O–H groups in total. The van der Waals surface area contributed by atoms with Crippen LogP contribution < -0.4 is 5.32 Å². The summed E-state index contributed by atoms with van der Waals surface area (Å²) in [6.45, 7) is -0.134. The van der Waals surface area contributed by atoms with Crippen molar-refractivity contribution in [2.24, 2.45) is 0 Å². The SMILES string of the molecule is COC(=O)[C@@H](CCP(=O)(O)C(O)c1ccc(C(F)(F)F)c([N+](=O)[O-])c1)NC(=O)OCc1ccccc1. The van der Waals surface area contributed by atoms with Crippen molar-refractivity contribution in [1.29, 1.82) is 0 Å². The summed E-state index contributed by atoms with van der Waals surface area (Å²) in [5.74, 6) is -3.30. The number of aliphatic hydroxyl groups is 1. The number of carbonyl (C=O) groups excluding carboxylic acids is 2. The number of alkyl carbamates (subject to hydrolysis) is 1. The number of nitrogens with zero attached hydrogens (tertiary/aromatic N) is 1. The number of carbonyl (C=O) groups is 2. The first-order valence-electron chi connectivity index (χ1n) is 10.2. The lowest BCUT2D eigenvalue weighted by Gasteiger charge is -2.22. The van der Waals surface area contributed by atoms with Gasteiger partial charge < -0.3 is 24.8 Å². The maximum Gasteiger partial charge on any atom is 0.422 e. The van der Waals surface area contributed by atoms with Crippen LogP contribution in [0.4, 0.5) is 23.7 Å². The van der Waals surface area contributed by atoms with E-state index < -0.39 is 71.8 Å². The summed E-state index contributed by atoms with van der Waals surface area (Å²) in [4.78, 5) is 44.1. The molecule has 0 spiro atoms. The summed E-state index contributed by atoms with van der Waals surface area (Å²) < 4.78 is 61.2. The molecular formula is C21H22F3N2O9P. The Morgan fingerprint density at radius 1 is 1.19 bits per heavy atom. The van der Waals surface area contributed by atoms with Crippen molar-refractivity contribution in [3.8, 4) is 0 Å². The van der Waals surface area contributed by atoms with Gasteiger partial charge in [-0.05, 0) is 23.6 Å². The Balaban J connectivity index is 2.11. The maximum atomic E-state index is 13.0. The summed E-state index contributed by atoms with van der Waals surface area (Å²) in [6.07, 6.45) is -7.44. The Labute approximate surface area is 202 Å². The molecule has 0 aromatic heterocycles. The Bertz CT molecular complexity index is 1150. The summed E-state index contributed by atoms with van der Waals surface area (Å²) >= 11 is 0. The van der Waals surface area contributed by atoms with Gasteiger partial charge >= 0.3 is 18.2 Å². The van der Waals surface area contributed by atoms with Crippen molar-refractivity contribution in [2.75, 3.05) is 13.3 Å². The molecule has 0 aliphatic carbocycles. The van der Waals surface area contributed by atoms with Crippen molar-refractivity contribution in [3.63, 3.8) is 0 Å². The monoisotopic (exact) mass is 534 g/mol. The van der Waals surface area contributed by atoms with E-state index in [9.17, 15) is 47.4 Å². The number of hydrogen-bond donors (Lipinski definition) is 3. The van der Waals surface area contributed by atoms with E-state index in [-0.39, 0.29) is 6.61 Å². The van der Waals surface area contributed by atoms with Crippen molar-refractivity contribution >= 4 is 25.1 Å². The van der Waals surface area contributed by atoms with Crippen LogP contribution in [0.1, 0.15) is 29.0 Å². The smallest absolute Gasteiger partial charge is 0.422 e. The Kier molecular flexibility index (Phi) is 9.56. The molecule has 2 aromatic carbocycles. The molecular weight excluding hydrogens is 512 g/mol. The third-order valence-corrected chi connectivity index (χ3v) is 6.89. The number of amides is 1. The number of alkyl halides is 3. The molecule has 2 aromatic rings. The number of halogens is 3. The van der Waals surface area contributed by atoms with Gasteiger partial charge in [-0.1, -0.05) is 36.4 Å². The highest BCUT2D eigenvalue weighted by Crippen LogP contribution is 2.55. The maximum absolute atomic E-state index is 13.0. The van der Waals surface area contributed by atoms with Gasteiger partial charge in [0.25, 0.3) is 5.69 Å². The van der Waals surface area contributed by atoms with Crippen LogP contribution in [0.5, 0.6) is 0 Å². The highest BCUT2D eigenvalue weighted by atomic mass is 31.2. The quantitative estimate of drug-likeness (QED) is 0.178. The second-order valence-electron chi connectivity index (χ2n) is 7.45. The topological polar surface area (TPSA) is 165 Å². The van der Waals surface area contributed by atoms with Crippen LogP contribution in [0, 0.1) is 10.1 Å². The number of rotatable bonds is 10. The Morgan fingerprint density at radius 2 is 1.83 bits per heavy atom. The summed E-state index contributed by atoms with van der Waals surface area (Å²) in [5.41, 5.74) is -2.96. The van der Waals surface area contributed by atoms with Crippen molar-refractivity contribution in [3.05, 3.63) is 75.3 Å². The standard InChI is InChI=1S/C21H22F3N2O9P/c1-34-18(27)16(25-20(29)35-12-13-5-3-2-4-6-13)9-10-36(32,33)19(28)14-7-8-15(21(22,23)24)17(11-14)26(30)31/h2-8,11,16,19,28H,9-10,12H2,1H3,(H,25,29)(H,32,33)/t16-,19?/m1/s1. The fraction of sp³-hybridized carbons (Fsp3) is 0.333. The van der Waals surface area contributed by atoms with Gasteiger partial charge in [-0.25, -0.2) is 9.59 Å². The van der Waals surface area contributed by atoms with E-state index in [1.165, 1.54) is 0 Å². The number of nitrogens with one attached hydrogen (secondary N) is 1. The molecule has 0 saturated heterocycles. The highest BCUT2D eigenvalue weighted by Gasteiger charge is 2.40. The minimum Gasteiger partial charge on any atom is -0.467 e. The molecule has 36 heavy (non-hydrogen) atoms. The van der Waals surface area contributed by atoms with Crippen LogP contribution in [0.2, 0.25) is 0 Å². The van der Waals surface area contributed by atoms with Gasteiger partial charge in [0.2, 0.25) is 7.37 Å². The average molecular weight is 534 g/mol. The molecule has 1 amide bonds. The number of benzene rings is 2. The fourth-order valence-electron chi connectivity index (χ4n) is 3.07. The first-order chi connectivity index (χ1) is 16.8. The highest BCUT2D eigenvalue weighted by molar-refractivity contribution is 7.58. The van der Waals surface area contributed by atoms with Gasteiger partial charge in [-0.3, -0.25) is 14.7 Å². The Morgan fingerprint density at radius 3 is 2.39 bits per heavy atom. The molecule has 196 valence electrons. The fourth-order valence-corrected chi connectivity index (χ4v) is 4.57. The van der Waals surface area contributed by atoms with Gasteiger partial charge in [0, 0.05) is 12.2 Å². The number of nitro benzene ring substituents is 1. The van der Waals surface area contributed by atoms with Crippen LogP contribution in [-0.4, -0.2) is 46.3 Å². The minimum absolute atomic E-state index is 0.134. The Hall–Kier alpha value is -3.48. The predicted molar refractivity (Wildman–Crippen MR) is 118 cm³/mol. The average Bonchev–Trinajstić information content (AvgIpc) is 2.83. The number of ether oxygens (including phenoxy) is 2. The molecule has 0 aliphatic heterocycles. The third kappa shape index (κ3) is 7.77. The van der Waals surface area contributed by atoms with E-state index in [0.717, 1.165) is 7.11 Å². The van der Waals surface area contributed by atoms with E-state index in [2.05, 4.69) is 10.1 Å². The second kappa shape index (κ2) is 12.0. The molecule has 0 radical (unpaired) electrons. The van der Waals surface area contributed by atoms with Crippen LogP contribution in [0.3, 0.4) is 0 Å².